The third-order valence-corrected chi connectivity index (χ3v) is 7.38. The molecule has 0 aliphatic carbocycles. The fraction of sp³-hybridized carbons (Fsp3) is 0.217. The van der Waals surface area contributed by atoms with Crippen LogP contribution in [0.5, 0.6) is 0 Å². The minimum absolute atomic E-state index is 0.0212. The quantitative estimate of drug-likeness (QED) is 0.592. The number of halogens is 1. The SMILES string of the molecule is O=C(NNC(=O)C1CCCN(S(=O)(=O)c2ccc3ccccc3c2)C1)c1ccc(F)cc1. The molecular formula is C23H22FN3O4S. The zero-order valence-corrected chi connectivity index (χ0v) is 17.9. The van der Waals surface area contributed by atoms with Gasteiger partial charge in [0, 0.05) is 18.7 Å². The number of nitrogens with one attached hydrogen (secondary N) is 2. The molecule has 0 bridgehead atoms. The van der Waals surface area contributed by atoms with Crippen molar-refractivity contribution in [2.45, 2.75) is 17.7 Å². The van der Waals surface area contributed by atoms with Gasteiger partial charge in [-0.25, -0.2) is 12.8 Å². The first-order valence-electron chi connectivity index (χ1n) is 10.2. The van der Waals surface area contributed by atoms with Gasteiger partial charge in [-0.1, -0.05) is 30.3 Å². The molecule has 32 heavy (non-hydrogen) atoms. The molecule has 4 rings (SSSR count). The Kier molecular flexibility index (Phi) is 6.20. The molecule has 2 N–H and O–H groups in total. The summed E-state index contributed by atoms with van der Waals surface area (Å²) in [6.07, 6.45) is 1.03. The van der Waals surface area contributed by atoms with E-state index in [1.807, 2.05) is 24.3 Å². The summed E-state index contributed by atoms with van der Waals surface area (Å²) in [5.74, 6) is -2.14. The number of rotatable bonds is 4. The summed E-state index contributed by atoms with van der Waals surface area (Å²) in [7, 11) is -3.77. The Balaban J connectivity index is 1.42. The molecule has 166 valence electrons. The number of benzene rings is 3. The van der Waals surface area contributed by atoms with E-state index in [2.05, 4.69) is 10.9 Å². The van der Waals surface area contributed by atoms with Crippen LogP contribution in [0.4, 0.5) is 4.39 Å². The van der Waals surface area contributed by atoms with E-state index in [1.165, 1.54) is 16.4 Å². The van der Waals surface area contributed by atoms with Gasteiger partial charge < -0.3 is 0 Å². The summed E-state index contributed by atoms with van der Waals surface area (Å²) >= 11 is 0. The zero-order chi connectivity index (χ0) is 22.7. The van der Waals surface area contributed by atoms with Crippen LogP contribution in [0.3, 0.4) is 0 Å². The van der Waals surface area contributed by atoms with E-state index in [9.17, 15) is 22.4 Å². The highest BCUT2D eigenvalue weighted by Gasteiger charge is 2.33. The predicted octanol–water partition coefficient (Wildman–Crippen LogP) is 2.84. The van der Waals surface area contributed by atoms with E-state index in [4.69, 9.17) is 0 Å². The second-order valence-corrected chi connectivity index (χ2v) is 9.60. The first-order chi connectivity index (χ1) is 15.3. The van der Waals surface area contributed by atoms with Crippen LogP contribution in [0.15, 0.2) is 71.6 Å². The van der Waals surface area contributed by atoms with E-state index >= 15 is 0 Å². The lowest BCUT2D eigenvalue weighted by Crippen LogP contribution is -2.50. The molecule has 1 heterocycles. The van der Waals surface area contributed by atoms with Gasteiger partial charge in [0.15, 0.2) is 0 Å². The van der Waals surface area contributed by atoms with Gasteiger partial charge in [0.05, 0.1) is 10.8 Å². The monoisotopic (exact) mass is 455 g/mol. The lowest BCUT2D eigenvalue weighted by atomic mass is 9.99. The third kappa shape index (κ3) is 4.63. The molecule has 1 fully saturated rings. The lowest BCUT2D eigenvalue weighted by Gasteiger charge is -2.31. The fourth-order valence-corrected chi connectivity index (χ4v) is 5.31. The van der Waals surface area contributed by atoms with Crippen molar-refractivity contribution in [2.24, 2.45) is 5.92 Å². The van der Waals surface area contributed by atoms with Gasteiger partial charge in [0.2, 0.25) is 15.9 Å². The number of piperidine rings is 1. The molecule has 0 aromatic heterocycles. The number of hydrogen-bond acceptors (Lipinski definition) is 4. The molecule has 1 aliphatic rings. The highest BCUT2D eigenvalue weighted by molar-refractivity contribution is 7.89. The van der Waals surface area contributed by atoms with Crippen molar-refractivity contribution in [1.82, 2.24) is 15.2 Å². The van der Waals surface area contributed by atoms with Crippen LogP contribution < -0.4 is 10.9 Å². The van der Waals surface area contributed by atoms with E-state index < -0.39 is 33.6 Å². The average molecular weight is 456 g/mol. The van der Waals surface area contributed by atoms with Gasteiger partial charge in [-0.2, -0.15) is 4.31 Å². The van der Waals surface area contributed by atoms with Crippen molar-refractivity contribution in [3.8, 4) is 0 Å². The van der Waals surface area contributed by atoms with Gasteiger partial charge in [-0.3, -0.25) is 20.4 Å². The molecule has 0 radical (unpaired) electrons. The topological polar surface area (TPSA) is 95.6 Å². The fourth-order valence-electron chi connectivity index (χ4n) is 3.75. The average Bonchev–Trinajstić information content (AvgIpc) is 2.82. The number of hydrazine groups is 1. The van der Waals surface area contributed by atoms with Crippen molar-refractivity contribution in [2.75, 3.05) is 13.1 Å². The Morgan fingerprint density at radius 1 is 0.938 bits per heavy atom. The molecule has 7 nitrogen and oxygen atoms in total. The predicted molar refractivity (Wildman–Crippen MR) is 117 cm³/mol. The van der Waals surface area contributed by atoms with E-state index in [0.717, 1.165) is 22.9 Å². The summed E-state index contributed by atoms with van der Waals surface area (Å²) in [5, 5.41) is 1.77. The van der Waals surface area contributed by atoms with E-state index in [0.29, 0.717) is 19.4 Å². The summed E-state index contributed by atoms with van der Waals surface area (Å²) in [4.78, 5) is 24.9. The Morgan fingerprint density at radius 3 is 2.41 bits per heavy atom. The Bertz CT molecular complexity index is 1260. The number of nitrogens with zero attached hydrogens (tertiary/aromatic N) is 1. The largest absolute Gasteiger partial charge is 0.273 e. The summed E-state index contributed by atoms with van der Waals surface area (Å²) in [6, 6.07) is 17.4. The minimum Gasteiger partial charge on any atom is -0.273 e. The molecule has 1 unspecified atom stereocenters. The number of hydrogen-bond donors (Lipinski definition) is 2. The van der Waals surface area contributed by atoms with Crippen LogP contribution in [0.2, 0.25) is 0 Å². The van der Waals surface area contributed by atoms with Crippen molar-refractivity contribution in [3.63, 3.8) is 0 Å². The maximum atomic E-state index is 13.2. The molecule has 0 spiro atoms. The van der Waals surface area contributed by atoms with Crippen molar-refractivity contribution in [1.29, 1.82) is 0 Å². The highest BCUT2D eigenvalue weighted by Crippen LogP contribution is 2.26. The van der Waals surface area contributed by atoms with Crippen LogP contribution in [-0.4, -0.2) is 37.6 Å². The molecule has 0 saturated carbocycles. The molecule has 9 heteroatoms. The lowest BCUT2D eigenvalue weighted by molar-refractivity contribution is -0.126. The van der Waals surface area contributed by atoms with Crippen molar-refractivity contribution < 1.29 is 22.4 Å². The van der Waals surface area contributed by atoms with Gasteiger partial charge in [-0.15, -0.1) is 0 Å². The second-order valence-electron chi connectivity index (χ2n) is 7.66. The smallest absolute Gasteiger partial charge is 0.269 e. The molecule has 1 aliphatic heterocycles. The zero-order valence-electron chi connectivity index (χ0n) is 17.1. The highest BCUT2D eigenvalue weighted by atomic mass is 32.2. The van der Waals surface area contributed by atoms with Gasteiger partial charge in [0.25, 0.3) is 5.91 Å². The summed E-state index contributed by atoms with van der Waals surface area (Å²) in [5.41, 5.74) is 4.83. The molecule has 2 amide bonds. The summed E-state index contributed by atoms with van der Waals surface area (Å²) in [6.45, 7) is 0.342. The van der Waals surface area contributed by atoms with Crippen LogP contribution in [0.25, 0.3) is 10.8 Å². The van der Waals surface area contributed by atoms with Crippen molar-refractivity contribution in [3.05, 3.63) is 78.1 Å². The van der Waals surface area contributed by atoms with Gasteiger partial charge in [-0.05, 0) is 60.0 Å². The maximum Gasteiger partial charge on any atom is 0.269 e. The molecule has 1 atom stereocenters. The Hall–Kier alpha value is -3.30. The number of fused-ring (bicyclic) bond motifs is 1. The Labute approximate surface area is 185 Å². The first-order valence-corrected chi connectivity index (χ1v) is 11.6. The minimum atomic E-state index is -3.77. The van der Waals surface area contributed by atoms with Crippen molar-refractivity contribution >= 4 is 32.6 Å². The molecule has 1 saturated heterocycles. The molecule has 3 aromatic rings. The van der Waals surface area contributed by atoms with Gasteiger partial charge in [0.1, 0.15) is 5.82 Å². The summed E-state index contributed by atoms with van der Waals surface area (Å²) < 4.78 is 40.6. The van der Waals surface area contributed by atoms with Crippen LogP contribution >= 0.6 is 0 Å². The van der Waals surface area contributed by atoms with E-state index in [1.54, 1.807) is 18.2 Å². The number of carbonyl (C=O) groups excluding carboxylic acids is 2. The third-order valence-electron chi connectivity index (χ3n) is 5.52. The van der Waals surface area contributed by atoms with Crippen LogP contribution in [-0.2, 0) is 14.8 Å². The second kappa shape index (κ2) is 9.05. The Morgan fingerprint density at radius 2 is 1.66 bits per heavy atom. The van der Waals surface area contributed by atoms with Crippen LogP contribution in [0.1, 0.15) is 23.2 Å². The molecule has 3 aromatic carbocycles. The molecular weight excluding hydrogens is 433 g/mol. The first kappa shape index (κ1) is 21.9. The number of amides is 2. The van der Waals surface area contributed by atoms with E-state index in [-0.39, 0.29) is 17.0 Å². The standard InChI is InChI=1S/C23H22FN3O4S/c24-20-10-7-17(8-11-20)22(28)25-26-23(29)19-6-3-13-27(15-19)32(30,31)21-12-9-16-4-1-2-5-18(16)14-21/h1-2,4-5,7-12,14,19H,3,6,13,15H2,(H,25,28)(H,26,29). The normalized spacial score (nSPS) is 17.1. The number of sulfonamides is 1. The number of carbonyl (C=O) groups is 2. The maximum absolute atomic E-state index is 13.2. The van der Waals surface area contributed by atoms with Gasteiger partial charge >= 0.3 is 0 Å². The van der Waals surface area contributed by atoms with Crippen LogP contribution in [0, 0.1) is 11.7 Å².